The molecule has 4 rings (SSSR count). The first kappa shape index (κ1) is 18.6. The molecule has 6 nitrogen and oxygen atoms in total. The van der Waals surface area contributed by atoms with Crippen LogP contribution in [0.2, 0.25) is 0 Å². The van der Waals surface area contributed by atoms with Gasteiger partial charge in [-0.15, -0.1) is 0 Å². The fraction of sp³-hybridized carbons (Fsp3) is 0.381. The van der Waals surface area contributed by atoms with Crippen LogP contribution in [0.1, 0.15) is 28.9 Å². The zero-order chi connectivity index (χ0) is 19.7. The Bertz CT molecular complexity index is 885. The van der Waals surface area contributed by atoms with Crippen LogP contribution >= 0.6 is 0 Å². The molecule has 2 saturated heterocycles. The van der Waals surface area contributed by atoms with Gasteiger partial charge in [0, 0.05) is 18.4 Å². The minimum atomic E-state index is -0.624. The molecule has 2 fully saturated rings. The van der Waals surface area contributed by atoms with E-state index in [1.165, 1.54) is 12.1 Å². The monoisotopic (exact) mass is 383 g/mol. The van der Waals surface area contributed by atoms with Gasteiger partial charge < -0.3 is 14.5 Å². The van der Waals surface area contributed by atoms with Gasteiger partial charge in [0.05, 0.1) is 13.1 Å². The van der Waals surface area contributed by atoms with E-state index >= 15 is 0 Å². The number of piperidine rings is 1. The third-order valence-electron chi connectivity index (χ3n) is 5.34. The van der Waals surface area contributed by atoms with Crippen LogP contribution in [0.25, 0.3) is 0 Å². The average molecular weight is 383 g/mol. The molecule has 2 aromatic rings. The maximum Gasteiger partial charge on any atom is 0.272 e. The Morgan fingerprint density at radius 1 is 1.18 bits per heavy atom. The van der Waals surface area contributed by atoms with E-state index in [1.807, 2.05) is 13.0 Å². The summed E-state index contributed by atoms with van der Waals surface area (Å²) >= 11 is 0. The number of amides is 2. The van der Waals surface area contributed by atoms with Crippen molar-refractivity contribution in [2.45, 2.75) is 25.4 Å². The van der Waals surface area contributed by atoms with E-state index in [1.54, 1.807) is 34.2 Å². The van der Waals surface area contributed by atoms with E-state index in [9.17, 15) is 14.0 Å². The second-order valence-corrected chi connectivity index (χ2v) is 7.48. The van der Waals surface area contributed by atoms with Crippen LogP contribution in [-0.2, 0) is 9.53 Å². The summed E-state index contributed by atoms with van der Waals surface area (Å²) < 4.78 is 19.2. The number of anilines is 1. The molecule has 1 aromatic carbocycles. The van der Waals surface area contributed by atoms with Crippen LogP contribution in [-0.4, -0.2) is 53.5 Å². The van der Waals surface area contributed by atoms with Crippen molar-refractivity contribution in [3.05, 3.63) is 59.7 Å². The third-order valence-corrected chi connectivity index (χ3v) is 5.34. The highest BCUT2D eigenvalue weighted by atomic mass is 19.1. The van der Waals surface area contributed by atoms with Crippen LogP contribution in [0.15, 0.2) is 42.6 Å². The number of hydrogen-bond donors (Lipinski definition) is 0. The van der Waals surface area contributed by atoms with Crippen LogP contribution in [0, 0.1) is 12.7 Å². The van der Waals surface area contributed by atoms with Gasteiger partial charge in [-0.05, 0) is 55.7 Å². The van der Waals surface area contributed by atoms with E-state index in [0.29, 0.717) is 31.0 Å². The number of morpholine rings is 1. The van der Waals surface area contributed by atoms with Crippen LogP contribution in [0.4, 0.5) is 10.1 Å². The number of halogens is 1. The van der Waals surface area contributed by atoms with E-state index in [0.717, 1.165) is 18.4 Å². The van der Waals surface area contributed by atoms with E-state index < -0.39 is 5.60 Å². The van der Waals surface area contributed by atoms with E-state index in [-0.39, 0.29) is 24.2 Å². The van der Waals surface area contributed by atoms with Crippen molar-refractivity contribution in [1.82, 2.24) is 9.88 Å². The molecule has 1 atom stereocenters. The van der Waals surface area contributed by atoms with Gasteiger partial charge in [-0.3, -0.25) is 14.6 Å². The first-order chi connectivity index (χ1) is 13.5. The molecule has 0 bridgehead atoms. The van der Waals surface area contributed by atoms with Gasteiger partial charge in [-0.25, -0.2) is 4.39 Å². The number of rotatable bonds is 2. The number of nitrogens with zero attached hydrogens (tertiary/aromatic N) is 3. The SMILES string of the molecule is Cc1ccc(C(=O)N2CCCC3(C2)CN(c2ccc(F)cc2)C(=O)CO3)nc1. The molecule has 2 amide bonds. The van der Waals surface area contributed by atoms with Crippen molar-refractivity contribution in [3.63, 3.8) is 0 Å². The molecule has 2 aliphatic rings. The van der Waals surface area contributed by atoms with E-state index in [4.69, 9.17) is 4.74 Å². The molecular weight excluding hydrogens is 361 g/mol. The fourth-order valence-corrected chi connectivity index (χ4v) is 3.85. The molecule has 0 radical (unpaired) electrons. The summed E-state index contributed by atoms with van der Waals surface area (Å²) in [6, 6.07) is 9.46. The van der Waals surface area contributed by atoms with Crippen LogP contribution in [0.3, 0.4) is 0 Å². The standard InChI is InChI=1S/C21H22FN3O3/c1-15-3-8-18(23-11-15)20(27)24-10-2-9-21(13-24)14-25(19(26)12-28-21)17-6-4-16(22)5-7-17/h3-8,11H,2,9-10,12-14H2,1H3. The number of ether oxygens (including phenoxy) is 1. The first-order valence-electron chi connectivity index (χ1n) is 9.38. The molecule has 1 aromatic heterocycles. The smallest absolute Gasteiger partial charge is 0.272 e. The lowest BCUT2D eigenvalue weighted by atomic mass is 9.90. The van der Waals surface area contributed by atoms with Crippen LogP contribution in [0.5, 0.6) is 0 Å². The molecule has 0 saturated carbocycles. The third kappa shape index (κ3) is 3.62. The lowest BCUT2D eigenvalue weighted by molar-refractivity contribution is -0.144. The summed E-state index contributed by atoms with van der Waals surface area (Å²) in [6.45, 7) is 3.23. The predicted octanol–water partition coefficient (Wildman–Crippen LogP) is 2.57. The maximum atomic E-state index is 13.2. The van der Waals surface area contributed by atoms with Gasteiger partial charge in [0.15, 0.2) is 0 Å². The number of likely N-dealkylation sites (tertiary alicyclic amines) is 1. The highest BCUT2D eigenvalue weighted by Crippen LogP contribution is 2.32. The van der Waals surface area contributed by atoms with Crippen molar-refractivity contribution in [2.24, 2.45) is 0 Å². The highest BCUT2D eigenvalue weighted by Gasteiger charge is 2.44. The number of benzene rings is 1. The normalized spacial score (nSPS) is 22.6. The number of aromatic nitrogens is 1. The summed E-state index contributed by atoms with van der Waals surface area (Å²) in [4.78, 5) is 32.9. The Morgan fingerprint density at radius 2 is 1.96 bits per heavy atom. The molecule has 7 heteroatoms. The summed E-state index contributed by atoms with van der Waals surface area (Å²) in [6.07, 6.45) is 3.21. The fourth-order valence-electron chi connectivity index (χ4n) is 3.85. The zero-order valence-corrected chi connectivity index (χ0v) is 15.7. The lowest BCUT2D eigenvalue weighted by Gasteiger charge is -2.47. The molecule has 3 heterocycles. The van der Waals surface area contributed by atoms with Gasteiger partial charge in [0.25, 0.3) is 11.8 Å². The number of pyridine rings is 1. The minimum absolute atomic E-state index is 0.0534. The Kier molecular flexibility index (Phi) is 4.85. The van der Waals surface area contributed by atoms with Gasteiger partial charge in [-0.2, -0.15) is 0 Å². The Labute approximate surface area is 162 Å². The predicted molar refractivity (Wildman–Crippen MR) is 102 cm³/mol. The molecule has 0 N–H and O–H groups in total. The molecule has 1 spiro atoms. The number of aryl methyl sites for hydroxylation is 1. The first-order valence-corrected chi connectivity index (χ1v) is 9.38. The second-order valence-electron chi connectivity index (χ2n) is 7.48. The van der Waals surface area contributed by atoms with Gasteiger partial charge in [0.2, 0.25) is 0 Å². The van der Waals surface area contributed by atoms with Crippen molar-refractivity contribution in [2.75, 3.05) is 31.1 Å². The topological polar surface area (TPSA) is 62.7 Å². The Hall–Kier alpha value is -2.80. The van der Waals surface area contributed by atoms with E-state index in [2.05, 4.69) is 4.98 Å². The highest BCUT2D eigenvalue weighted by molar-refractivity contribution is 5.95. The van der Waals surface area contributed by atoms with Crippen LogP contribution < -0.4 is 4.90 Å². The molecule has 0 aliphatic carbocycles. The van der Waals surface area contributed by atoms with Gasteiger partial charge in [0.1, 0.15) is 23.7 Å². The molecule has 1 unspecified atom stereocenters. The van der Waals surface area contributed by atoms with Crippen molar-refractivity contribution in [1.29, 1.82) is 0 Å². The maximum absolute atomic E-state index is 13.2. The summed E-state index contributed by atoms with van der Waals surface area (Å²) in [7, 11) is 0. The van der Waals surface area contributed by atoms with Crippen molar-refractivity contribution in [3.8, 4) is 0 Å². The molecule has 146 valence electrons. The summed E-state index contributed by atoms with van der Waals surface area (Å²) in [5, 5.41) is 0. The number of hydrogen-bond acceptors (Lipinski definition) is 4. The largest absolute Gasteiger partial charge is 0.361 e. The van der Waals surface area contributed by atoms with Gasteiger partial charge >= 0.3 is 0 Å². The van der Waals surface area contributed by atoms with Crippen molar-refractivity contribution < 1.29 is 18.7 Å². The Balaban J connectivity index is 1.53. The Morgan fingerprint density at radius 3 is 2.68 bits per heavy atom. The quantitative estimate of drug-likeness (QED) is 0.800. The average Bonchev–Trinajstić information content (AvgIpc) is 2.71. The minimum Gasteiger partial charge on any atom is -0.361 e. The van der Waals surface area contributed by atoms with Crippen molar-refractivity contribution >= 4 is 17.5 Å². The molecular formula is C21H22FN3O3. The zero-order valence-electron chi connectivity index (χ0n) is 15.7. The number of carbonyl (C=O) groups excluding carboxylic acids is 2. The summed E-state index contributed by atoms with van der Waals surface area (Å²) in [5.74, 6) is -0.645. The number of carbonyl (C=O) groups is 2. The second kappa shape index (κ2) is 7.31. The van der Waals surface area contributed by atoms with Gasteiger partial charge in [-0.1, -0.05) is 6.07 Å². The summed E-state index contributed by atoms with van der Waals surface area (Å²) in [5.41, 5.74) is 1.42. The molecule has 2 aliphatic heterocycles. The molecule has 28 heavy (non-hydrogen) atoms. The lowest BCUT2D eigenvalue weighted by Crippen LogP contribution is -2.62.